The Morgan fingerprint density at radius 2 is 1.89 bits per heavy atom. The molecule has 0 atom stereocenters. The molecule has 0 aliphatic rings. The molecule has 0 unspecified atom stereocenters. The number of H-pyrrole nitrogens is 2. The van der Waals surface area contributed by atoms with Crippen LogP contribution in [0, 0.1) is 11.6 Å². The van der Waals surface area contributed by atoms with E-state index in [9.17, 15) is 8.78 Å². The van der Waals surface area contributed by atoms with E-state index in [4.69, 9.17) is 0 Å². The van der Waals surface area contributed by atoms with E-state index < -0.39 is 11.6 Å². The van der Waals surface area contributed by atoms with Crippen LogP contribution in [0.25, 0.3) is 33.3 Å². The summed E-state index contributed by atoms with van der Waals surface area (Å²) >= 11 is 0. The number of fused-ring (bicyclic) bond motifs is 2. The number of aromatic nitrogens is 5. The van der Waals surface area contributed by atoms with Crippen molar-refractivity contribution in [3.05, 3.63) is 66.5 Å². The quantitative estimate of drug-likeness (QED) is 0.441. The zero-order chi connectivity index (χ0) is 18.4. The van der Waals surface area contributed by atoms with Gasteiger partial charge < -0.3 is 10.3 Å². The molecule has 5 rings (SSSR count). The zero-order valence-electron chi connectivity index (χ0n) is 13.8. The van der Waals surface area contributed by atoms with Crippen molar-refractivity contribution in [2.75, 3.05) is 5.32 Å². The molecule has 8 heteroatoms. The van der Waals surface area contributed by atoms with Gasteiger partial charge in [-0.05, 0) is 36.4 Å². The molecule has 0 fully saturated rings. The van der Waals surface area contributed by atoms with Crippen LogP contribution < -0.4 is 5.32 Å². The van der Waals surface area contributed by atoms with Gasteiger partial charge in [0, 0.05) is 23.3 Å². The molecule has 0 amide bonds. The molecule has 132 valence electrons. The summed E-state index contributed by atoms with van der Waals surface area (Å²) < 4.78 is 27.4. The third kappa shape index (κ3) is 2.67. The van der Waals surface area contributed by atoms with E-state index in [1.165, 1.54) is 12.1 Å². The molecule has 5 aromatic rings. The molecular formula is C19H12F2N6. The van der Waals surface area contributed by atoms with E-state index in [1.54, 1.807) is 12.4 Å². The standard InChI is InChI=1S/C19H12F2N6/c20-11-1-3-13(15(21)8-11)18-25-17-14(5-6-22-17)19(26-18)24-12-2-4-16-10(7-12)9-23-27-16/h1-9H,(H,23,27)(H2,22,24,25,26). The SMILES string of the molecule is Fc1ccc(-c2nc(Nc3ccc4[nH]ncc4c3)c3cc[nH]c3n2)c(F)c1. The molecule has 0 aliphatic carbocycles. The van der Waals surface area contributed by atoms with Crippen LogP contribution >= 0.6 is 0 Å². The van der Waals surface area contributed by atoms with Gasteiger partial charge >= 0.3 is 0 Å². The Labute approximate surface area is 151 Å². The fourth-order valence-electron chi connectivity index (χ4n) is 2.98. The summed E-state index contributed by atoms with van der Waals surface area (Å²) in [6, 6.07) is 10.9. The minimum atomic E-state index is -0.716. The molecule has 3 N–H and O–H groups in total. The third-order valence-corrected chi connectivity index (χ3v) is 4.29. The van der Waals surface area contributed by atoms with Crippen molar-refractivity contribution in [1.29, 1.82) is 0 Å². The summed E-state index contributed by atoms with van der Waals surface area (Å²) in [5, 5.41) is 11.9. The number of aromatic amines is 2. The van der Waals surface area contributed by atoms with E-state index in [2.05, 4.69) is 30.5 Å². The maximum Gasteiger partial charge on any atom is 0.166 e. The number of halogens is 2. The van der Waals surface area contributed by atoms with Crippen LogP contribution in [0.1, 0.15) is 0 Å². The molecular weight excluding hydrogens is 350 g/mol. The van der Waals surface area contributed by atoms with Gasteiger partial charge in [-0.3, -0.25) is 5.10 Å². The molecule has 0 aliphatic heterocycles. The number of hydrogen-bond acceptors (Lipinski definition) is 4. The maximum absolute atomic E-state index is 14.2. The molecule has 0 saturated heterocycles. The highest BCUT2D eigenvalue weighted by molar-refractivity contribution is 5.92. The summed E-state index contributed by atoms with van der Waals surface area (Å²) in [7, 11) is 0. The second-order valence-corrected chi connectivity index (χ2v) is 6.06. The molecule has 3 aromatic heterocycles. The molecule has 0 radical (unpaired) electrons. The third-order valence-electron chi connectivity index (χ3n) is 4.29. The Kier molecular flexibility index (Phi) is 3.36. The number of hydrogen-bond donors (Lipinski definition) is 3. The smallest absolute Gasteiger partial charge is 0.166 e. The lowest BCUT2D eigenvalue weighted by molar-refractivity contribution is 0.585. The number of benzene rings is 2. The van der Waals surface area contributed by atoms with Crippen LogP contribution in [0.15, 0.2) is 54.9 Å². The minimum Gasteiger partial charge on any atom is -0.346 e. The fourth-order valence-corrected chi connectivity index (χ4v) is 2.98. The first-order valence-electron chi connectivity index (χ1n) is 8.18. The Morgan fingerprint density at radius 1 is 0.963 bits per heavy atom. The van der Waals surface area contributed by atoms with Crippen LogP contribution in [0.2, 0.25) is 0 Å². The first-order valence-corrected chi connectivity index (χ1v) is 8.18. The highest BCUT2D eigenvalue weighted by Gasteiger charge is 2.14. The molecule has 0 saturated carbocycles. The van der Waals surface area contributed by atoms with E-state index in [1.807, 2.05) is 24.3 Å². The summed E-state index contributed by atoms with van der Waals surface area (Å²) in [5.41, 5.74) is 2.40. The lowest BCUT2D eigenvalue weighted by Gasteiger charge is -2.10. The number of rotatable bonds is 3. The lowest BCUT2D eigenvalue weighted by Crippen LogP contribution is -2.00. The molecule has 6 nitrogen and oxygen atoms in total. The lowest BCUT2D eigenvalue weighted by atomic mass is 10.2. The Morgan fingerprint density at radius 3 is 2.78 bits per heavy atom. The summed E-state index contributed by atoms with van der Waals surface area (Å²) in [4.78, 5) is 11.8. The Hall–Kier alpha value is -3.81. The van der Waals surface area contributed by atoms with E-state index in [0.29, 0.717) is 11.5 Å². The number of nitrogens with one attached hydrogen (secondary N) is 3. The predicted octanol–water partition coefficient (Wildman–Crippen LogP) is 4.52. The van der Waals surface area contributed by atoms with Gasteiger partial charge in [0.2, 0.25) is 0 Å². The summed E-state index contributed by atoms with van der Waals surface area (Å²) in [5.74, 6) is -0.687. The molecule has 27 heavy (non-hydrogen) atoms. The predicted molar refractivity (Wildman–Crippen MR) is 98.6 cm³/mol. The van der Waals surface area contributed by atoms with Crippen LogP contribution in [0.4, 0.5) is 20.3 Å². The monoisotopic (exact) mass is 362 g/mol. The zero-order valence-corrected chi connectivity index (χ0v) is 13.8. The Bertz CT molecular complexity index is 1290. The molecule has 3 heterocycles. The minimum absolute atomic E-state index is 0.126. The van der Waals surface area contributed by atoms with Crippen molar-refractivity contribution in [1.82, 2.24) is 25.1 Å². The molecule has 0 spiro atoms. The highest BCUT2D eigenvalue weighted by Crippen LogP contribution is 2.29. The van der Waals surface area contributed by atoms with E-state index in [-0.39, 0.29) is 11.4 Å². The summed E-state index contributed by atoms with van der Waals surface area (Å²) in [6.07, 6.45) is 3.46. The largest absolute Gasteiger partial charge is 0.346 e. The van der Waals surface area contributed by atoms with Crippen LogP contribution in [0.3, 0.4) is 0 Å². The van der Waals surface area contributed by atoms with E-state index in [0.717, 1.165) is 28.0 Å². The maximum atomic E-state index is 14.2. The van der Waals surface area contributed by atoms with E-state index >= 15 is 0 Å². The molecule has 2 aromatic carbocycles. The van der Waals surface area contributed by atoms with Gasteiger partial charge in [-0.2, -0.15) is 5.10 Å². The van der Waals surface area contributed by atoms with Crippen molar-refractivity contribution in [3.63, 3.8) is 0 Å². The normalized spacial score (nSPS) is 11.3. The average Bonchev–Trinajstić information content (AvgIpc) is 3.30. The van der Waals surface area contributed by atoms with Crippen molar-refractivity contribution >= 4 is 33.4 Å². The van der Waals surface area contributed by atoms with Crippen LogP contribution in [0.5, 0.6) is 0 Å². The first-order chi connectivity index (χ1) is 13.2. The van der Waals surface area contributed by atoms with Gasteiger partial charge in [-0.25, -0.2) is 18.7 Å². The Balaban J connectivity index is 1.63. The molecule has 0 bridgehead atoms. The van der Waals surface area contributed by atoms with Crippen LogP contribution in [-0.2, 0) is 0 Å². The van der Waals surface area contributed by atoms with Crippen molar-refractivity contribution in [2.45, 2.75) is 0 Å². The van der Waals surface area contributed by atoms with Gasteiger partial charge in [-0.15, -0.1) is 0 Å². The first kappa shape index (κ1) is 15.4. The highest BCUT2D eigenvalue weighted by atomic mass is 19.1. The average molecular weight is 362 g/mol. The number of nitrogens with zero attached hydrogens (tertiary/aromatic N) is 3. The second-order valence-electron chi connectivity index (χ2n) is 6.06. The fraction of sp³-hybridized carbons (Fsp3) is 0. The summed E-state index contributed by atoms with van der Waals surface area (Å²) in [6.45, 7) is 0. The number of anilines is 2. The van der Waals surface area contributed by atoms with Gasteiger partial charge in [0.1, 0.15) is 23.1 Å². The van der Waals surface area contributed by atoms with Crippen LogP contribution in [-0.4, -0.2) is 25.1 Å². The second kappa shape index (κ2) is 5.87. The van der Waals surface area contributed by atoms with Gasteiger partial charge in [-0.1, -0.05) is 0 Å². The van der Waals surface area contributed by atoms with Crippen molar-refractivity contribution < 1.29 is 8.78 Å². The topological polar surface area (TPSA) is 82.3 Å². The van der Waals surface area contributed by atoms with Gasteiger partial charge in [0.25, 0.3) is 0 Å². The van der Waals surface area contributed by atoms with Crippen molar-refractivity contribution in [3.8, 4) is 11.4 Å². The van der Waals surface area contributed by atoms with Gasteiger partial charge in [0.15, 0.2) is 5.82 Å². The van der Waals surface area contributed by atoms with Crippen molar-refractivity contribution in [2.24, 2.45) is 0 Å². The van der Waals surface area contributed by atoms with Gasteiger partial charge in [0.05, 0.1) is 22.7 Å².